The number of benzene rings is 1. The van der Waals surface area contributed by atoms with Crippen LogP contribution in [0.3, 0.4) is 0 Å². The lowest BCUT2D eigenvalue weighted by Crippen LogP contribution is -2.28. The number of carbonyl (C=O) groups excluding carboxylic acids is 1. The van der Waals surface area contributed by atoms with Crippen molar-refractivity contribution in [2.24, 2.45) is 0 Å². The van der Waals surface area contributed by atoms with Crippen molar-refractivity contribution >= 4 is 27.9 Å². The lowest BCUT2D eigenvalue weighted by molar-refractivity contribution is -0.125. The second-order valence-corrected chi connectivity index (χ2v) is 4.31. The maximum atomic E-state index is 11.7. The standard InChI is InChI=1S/C13H16BrNO/c1-3-15(4-2)13(16)9-8-11-6-5-7-12(14)10-11/h5-10H,3-4H2,1-2H3. The summed E-state index contributed by atoms with van der Waals surface area (Å²) in [5.41, 5.74) is 1.02. The molecule has 2 nitrogen and oxygen atoms in total. The number of carbonyl (C=O) groups is 1. The Balaban J connectivity index is 2.70. The van der Waals surface area contributed by atoms with Crippen LogP contribution in [0, 0.1) is 0 Å². The monoisotopic (exact) mass is 281 g/mol. The van der Waals surface area contributed by atoms with Gasteiger partial charge in [0.15, 0.2) is 0 Å². The third-order valence-electron chi connectivity index (χ3n) is 2.34. The number of halogens is 1. The van der Waals surface area contributed by atoms with E-state index in [2.05, 4.69) is 15.9 Å². The van der Waals surface area contributed by atoms with Crippen molar-refractivity contribution in [1.82, 2.24) is 4.90 Å². The number of amides is 1. The summed E-state index contributed by atoms with van der Waals surface area (Å²) in [7, 11) is 0. The minimum atomic E-state index is 0.0602. The molecule has 1 aromatic carbocycles. The van der Waals surface area contributed by atoms with Gasteiger partial charge in [0.1, 0.15) is 0 Å². The maximum Gasteiger partial charge on any atom is 0.246 e. The largest absolute Gasteiger partial charge is 0.340 e. The van der Waals surface area contributed by atoms with Gasteiger partial charge in [-0.3, -0.25) is 4.79 Å². The molecule has 86 valence electrons. The van der Waals surface area contributed by atoms with Crippen LogP contribution in [0.1, 0.15) is 19.4 Å². The van der Waals surface area contributed by atoms with Gasteiger partial charge in [-0.25, -0.2) is 0 Å². The molecule has 0 N–H and O–H groups in total. The van der Waals surface area contributed by atoms with Gasteiger partial charge in [-0.1, -0.05) is 28.1 Å². The Morgan fingerprint density at radius 2 is 2.06 bits per heavy atom. The molecule has 0 bridgehead atoms. The summed E-state index contributed by atoms with van der Waals surface area (Å²) in [6.07, 6.45) is 3.46. The van der Waals surface area contributed by atoms with Gasteiger partial charge in [0.25, 0.3) is 0 Å². The van der Waals surface area contributed by atoms with Gasteiger partial charge >= 0.3 is 0 Å². The van der Waals surface area contributed by atoms with Crippen LogP contribution in [-0.4, -0.2) is 23.9 Å². The van der Waals surface area contributed by atoms with E-state index in [4.69, 9.17) is 0 Å². The molecule has 3 heteroatoms. The van der Waals surface area contributed by atoms with E-state index < -0.39 is 0 Å². The highest BCUT2D eigenvalue weighted by Gasteiger charge is 2.04. The van der Waals surface area contributed by atoms with Crippen LogP contribution in [0.2, 0.25) is 0 Å². The minimum Gasteiger partial charge on any atom is -0.340 e. The van der Waals surface area contributed by atoms with E-state index >= 15 is 0 Å². The van der Waals surface area contributed by atoms with E-state index in [0.29, 0.717) is 0 Å². The van der Waals surface area contributed by atoms with E-state index in [-0.39, 0.29) is 5.91 Å². The van der Waals surface area contributed by atoms with Crippen molar-refractivity contribution in [2.45, 2.75) is 13.8 Å². The fraction of sp³-hybridized carbons (Fsp3) is 0.308. The Bertz CT molecular complexity index is 383. The Morgan fingerprint density at radius 3 is 2.62 bits per heavy atom. The molecule has 1 aromatic rings. The van der Waals surface area contributed by atoms with E-state index in [1.807, 2.05) is 44.2 Å². The zero-order valence-corrected chi connectivity index (χ0v) is 11.2. The van der Waals surface area contributed by atoms with Crippen molar-refractivity contribution in [3.63, 3.8) is 0 Å². The van der Waals surface area contributed by atoms with Gasteiger partial charge < -0.3 is 4.90 Å². The molecule has 0 heterocycles. The quantitative estimate of drug-likeness (QED) is 0.776. The molecule has 0 spiro atoms. The van der Waals surface area contributed by atoms with Crippen molar-refractivity contribution in [2.75, 3.05) is 13.1 Å². The predicted molar refractivity (Wildman–Crippen MR) is 71.1 cm³/mol. The highest BCUT2D eigenvalue weighted by atomic mass is 79.9. The lowest BCUT2D eigenvalue weighted by Gasteiger charge is -2.15. The summed E-state index contributed by atoms with van der Waals surface area (Å²) in [5.74, 6) is 0.0602. The van der Waals surface area contributed by atoms with Crippen molar-refractivity contribution < 1.29 is 4.79 Å². The van der Waals surface area contributed by atoms with Gasteiger partial charge in [0.2, 0.25) is 5.91 Å². The zero-order valence-electron chi connectivity index (χ0n) is 9.61. The van der Waals surface area contributed by atoms with Crippen LogP contribution in [0.25, 0.3) is 6.08 Å². The second-order valence-electron chi connectivity index (χ2n) is 3.40. The van der Waals surface area contributed by atoms with Gasteiger partial charge in [0.05, 0.1) is 0 Å². The molecule has 0 aliphatic carbocycles. The van der Waals surface area contributed by atoms with Crippen LogP contribution in [-0.2, 0) is 4.79 Å². The summed E-state index contributed by atoms with van der Waals surface area (Å²) in [4.78, 5) is 13.5. The molecule has 0 aliphatic rings. The van der Waals surface area contributed by atoms with Crippen molar-refractivity contribution in [3.8, 4) is 0 Å². The molecule has 0 saturated heterocycles. The zero-order chi connectivity index (χ0) is 12.0. The molecular weight excluding hydrogens is 266 g/mol. The normalized spacial score (nSPS) is 10.7. The van der Waals surface area contributed by atoms with Crippen LogP contribution in [0.5, 0.6) is 0 Å². The fourth-order valence-corrected chi connectivity index (χ4v) is 1.84. The summed E-state index contributed by atoms with van der Waals surface area (Å²) >= 11 is 3.40. The van der Waals surface area contributed by atoms with Crippen molar-refractivity contribution in [1.29, 1.82) is 0 Å². The Morgan fingerprint density at radius 1 is 1.38 bits per heavy atom. The number of nitrogens with zero attached hydrogens (tertiary/aromatic N) is 1. The van der Waals surface area contributed by atoms with E-state index in [0.717, 1.165) is 23.1 Å². The van der Waals surface area contributed by atoms with Crippen LogP contribution in [0.4, 0.5) is 0 Å². The average molecular weight is 282 g/mol. The first-order valence-corrected chi connectivity index (χ1v) is 6.19. The molecule has 0 atom stereocenters. The molecule has 0 saturated carbocycles. The Hall–Kier alpha value is -1.09. The first kappa shape index (κ1) is 13.0. The Labute approximate surface area is 105 Å². The SMILES string of the molecule is CCN(CC)C(=O)C=Cc1cccc(Br)c1. The summed E-state index contributed by atoms with van der Waals surface area (Å²) in [6, 6.07) is 7.86. The third kappa shape index (κ3) is 3.81. The van der Waals surface area contributed by atoms with Gasteiger partial charge in [-0.15, -0.1) is 0 Å². The molecule has 16 heavy (non-hydrogen) atoms. The highest BCUT2D eigenvalue weighted by molar-refractivity contribution is 9.10. The smallest absolute Gasteiger partial charge is 0.246 e. The molecule has 0 radical (unpaired) electrons. The number of hydrogen-bond donors (Lipinski definition) is 0. The van der Waals surface area contributed by atoms with Gasteiger partial charge in [-0.05, 0) is 37.6 Å². The summed E-state index contributed by atoms with van der Waals surface area (Å²) in [5, 5.41) is 0. The summed E-state index contributed by atoms with van der Waals surface area (Å²) < 4.78 is 1.02. The molecule has 0 aromatic heterocycles. The number of rotatable bonds is 4. The Kier molecular flexibility index (Phi) is 5.26. The molecule has 0 fully saturated rings. The van der Waals surface area contributed by atoms with Crippen LogP contribution in [0.15, 0.2) is 34.8 Å². The van der Waals surface area contributed by atoms with Crippen LogP contribution >= 0.6 is 15.9 Å². The summed E-state index contributed by atoms with van der Waals surface area (Å²) in [6.45, 7) is 5.46. The molecule has 1 amide bonds. The topological polar surface area (TPSA) is 20.3 Å². The minimum absolute atomic E-state index is 0.0602. The first-order valence-electron chi connectivity index (χ1n) is 5.40. The molecule has 1 rings (SSSR count). The molecule has 0 unspecified atom stereocenters. The van der Waals surface area contributed by atoms with E-state index in [9.17, 15) is 4.79 Å². The highest BCUT2D eigenvalue weighted by Crippen LogP contribution is 2.12. The third-order valence-corrected chi connectivity index (χ3v) is 2.84. The average Bonchev–Trinajstić information content (AvgIpc) is 2.28. The maximum absolute atomic E-state index is 11.7. The fourth-order valence-electron chi connectivity index (χ4n) is 1.42. The number of hydrogen-bond acceptors (Lipinski definition) is 1. The van der Waals surface area contributed by atoms with E-state index in [1.54, 1.807) is 11.0 Å². The van der Waals surface area contributed by atoms with Crippen molar-refractivity contribution in [3.05, 3.63) is 40.4 Å². The number of likely N-dealkylation sites (N-methyl/N-ethyl adjacent to an activating group) is 1. The molecular formula is C13H16BrNO. The second kappa shape index (κ2) is 6.48. The molecule has 0 aliphatic heterocycles. The first-order chi connectivity index (χ1) is 7.67. The predicted octanol–water partition coefficient (Wildman–Crippen LogP) is 3.33. The van der Waals surface area contributed by atoms with Gasteiger partial charge in [-0.2, -0.15) is 0 Å². The van der Waals surface area contributed by atoms with Crippen LogP contribution < -0.4 is 0 Å². The van der Waals surface area contributed by atoms with E-state index in [1.165, 1.54) is 0 Å². The van der Waals surface area contributed by atoms with Gasteiger partial charge in [0, 0.05) is 23.6 Å². The lowest BCUT2D eigenvalue weighted by atomic mass is 10.2.